The van der Waals surface area contributed by atoms with Crippen molar-refractivity contribution in [2.24, 2.45) is 5.73 Å². The van der Waals surface area contributed by atoms with Gasteiger partial charge in [-0.2, -0.15) is 0 Å². The second-order valence-electron chi connectivity index (χ2n) is 5.21. The standard InChI is InChI=1S/C18H18N2S/c1-12-7-6-10-15(11-12)16(19)18-20-17(13(2)21-18)14-8-4-3-5-9-14/h3-11,16H,19H2,1-2H3. The van der Waals surface area contributed by atoms with Gasteiger partial charge in [0.1, 0.15) is 5.01 Å². The molecule has 3 aromatic rings. The quantitative estimate of drug-likeness (QED) is 0.773. The lowest BCUT2D eigenvalue weighted by Gasteiger charge is -2.09. The predicted molar refractivity (Wildman–Crippen MR) is 89.5 cm³/mol. The molecule has 2 nitrogen and oxygen atoms in total. The third kappa shape index (κ3) is 2.89. The van der Waals surface area contributed by atoms with E-state index in [1.54, 1.807) is 11.3 Å². The number of nitrogens with zero attached hydrogens (tertiary/aromatic N) is 1. The average Bonchev–Trinajstić information content (AvgIpc) is 2.89. The molecule has 0 aliphatic rings. The van der Waals surface area contributed by atoms with E-state index < -0.39 is 0 Å². The molecule has 2 aromatic carbocycles. The number of nitrogens with two attached hydrogens (primary N) is 1. The maximum atomic E-state index is 6.39. The lowest BCUT2D eigenvalue weighted by molar-refractivity contribution is 0.857. The van der Waals surface area contributed by atoms with Crippen molar-refractivity contribution in [1.82, 2.24) is 4.98 Å². The largest absolute Gasteiger partial charge is 0.318 e. The summed E-state index contributed by atoms with van der Waals surface area (Å²) >= 11 is 1.68. The molecule has 0 radical (unpaired) electrons. The van der Waals surface area contributed by atoms with Gasteiger partial charge in [0.2, 0.25) is 0 Å². The Kier molecular flexibility index (Phi) is 3.86. The van der Waals surface area contributed by atoms with Gasteiger partial charge in [-0.05, 0) is 19.4 Å². The molecule has 3 heteroatoms. The molecule has 0 bridgehead atoms. The molecule has 106 valence electrons. The van der Waals surface area contributed by atoms with Gasteiger partial charge in [0.05, 0.1) is 11.7 Å². The average molecular weight is 294 g/mol. The van der Waals surface area contributed by atoms with Gasteiger partial charge in [-0.3, -0.25) is 0 Å². The lowest BCUT2D eigenvalue weighted by atomic mass is 10.1. The highest BCUT2D eigenvalue weighted by Gasteiger charge is 2.16. The zero-order chi connectivity index (χ0) is 14.8. The Bertz CT molecular complexity index is 747. The minimum atomic E-state index is -0.161. The molecule has 1 heterocycles. The fourth-order valence-electron chi connectivity index (χ4n) is 2.42. The monoisotopic (exact) mass is 294 g/mol. The van der Waals surface area contributed by atoms with E-state index in [2.05, 4.69) is 44.2 Å². The van der Waals surface area contributed by atoms with Gasteiger partial charge in [-0.15, -0.1) is 11.3 Å². The van der Waals surface area contributed by atoms with Crippen molar-refractivity contribution in [3.8, 4) is 11.3 Å². The van der Waals surface area contributed by atoms with Crippen molar-refractivity contribution < 1.29 is 0 Å². The number of aryl methyl sites for hydroxylation is 2. The van der Waals surface area contributed by atoms with Crippen LogP contribution < -0.4 is 5.73 Å². The predicted octanol–water partition coefficient (Wildman–Crippen LogP) is 4.48. The Labute approximate surface area is 129 Å². The van der Waals surface area contributed by atoms with Gasteiger partial charge in [0.15, 0.2) is 0 Å². The summed E-state index contributed by atoms with van der Waals surface area (Å²) in [7, 11) is 0. The zero-order valence-electron chi connectivity index (χ0n) is 12.2. The molecule has 0 aliphatic carbocycles. The first-order valence-corrected chi connectivity index (χ1v) is 7.81. The minimum absolute atomic E-state index is 0.161. The van der Waals surface area contributed by atoms with Crippen LogP contribution in [-0.2, 0) is 0 Å². The normalized spacial score (nSPS) is 12.3. The van der Waals surface area contributed by atoms with Crippen LogP contribution >= 0.6 is 11.3 Å². The van der Waals surface area contributed by atoms with E-state index in [1.807, 2.05) is 24.3 Å². The van der Waals surface area contributed by atoms with Crippen LogP contribution in [0.1, 0.15) is 27.1 Å². The maximum Gasteiger partial charge on any atom is 0.115 e. The Balaban J connectivity index is 1.97. The van der Waals surface area contributed by atoms with E-state index in [-0.39, 0.29) is 6.04 Å². The highest BCUT2D eigenvalue weighted by atomic mass is 32.1. The van der Waals surface area contributed by atoms with Crippen molar-refractivity contribution in [2.75, 3.05) is 0 Å². The SMILES string of the molecule is Cc1cccc(C(N)c2nc(-c3ccccc3)c(C)s2)c1. The summed E-state index contributed by atoms with van der Waals surface area (Å²) < 4.78 is 0. The lowest BCUT2D eigenvalue weighted by Crippen LogP contribution is -2.11. The second-order valence-corrected chi connectivity index (χ2v) is 6.45. The molecule has 1 aromatic heterocycles. The number of rotatable bonds is 3. The number of benzene rings is 2. The van der Waals surface area contributed by atoms with Gasteiger partial charge in [0.25, 0.3) is 0 Å². The molecular formula is C18H18N2S. The summed E-state index contributed by atoms with van der Waals surface area (Å²) in [6, 6.07) is 18.4. The van der Waals surface area contributed by atoms with Crippen molar-refractivity contribution in [1.29, 1.82) is 0 Å². The molecule has 0 fully saturated rings. The van der Waals surface area contributed by atoms with Crippen molar-refractivity contribution >= 4 is 11.3 Å². The van der Waals surface area contributed by atoms with E-state index in [1.165, 1.54) is 10.4 Å². The van der Waals surface area contributed by atoms with Crippen LogP contribution in [-0.4, -0.2) is 4.98 Å². The fourth-order valence-corrected chi connectivity index (χ4v) is 3.39. The zero-order valence-corrected chi connectivity index (χ0v) is 13.0. The topological polar surface area (TPSA) is 38.9 Å². The summed E-state index contributed by atoms with van der Waals surface area (Å²) in [5, 5.41) is 0.969. The van der Waals surface area contributed by atoms with Crippen LogP contribution in [0.15, 0.2) is 54.6 Å². The van der Waals surface area contributed by atoms with Crippen LogP contribution in [0.25, 0.3) is 11.3 Å². The van der Waals surface area contributed by atoms with E-state index in [0.717, 1.165) is 21.8 Å². The van der Waals surface area contributed by atoms with Crippen LogP contribution in [0.3, 0.4) is 0 Å². The van der Waals surface area contributed by atoms with Crippen LogP contribution in [0.2, 0.25) is 0 Å². The molecule has 0 spiro atoms. The summed E-state index contributed by atoms with van der Waals surface area (Å²) in [6.45, 7) is 4.19. The van der Waals surface area contributed by atoms with Gasteiger partial charge in [-0.1, -0.05) is 60.2 Å². The van der Waals surface area contributed by atoms with Crippen LogP contribution in [0.5, 0.6) is 0 Å². The molecule has 2 N–H and O–H groups in total. The van der Waals surface area contributed by atoms with Crippen molar-refractivity contribution in [3.63, 3.8) is 0 Å². The molecule has 0 amide bonds. The molecule has 21 heavy (non-hydrogen) atoms. The smallest absolute Gasteiger partial charge is 0.115 e. The van der Waals surface area contributed by atoms with Gasteiger partial charge in [0, 0.05) is 10.4 Å². The number of hydrogen-bond donors (Lipinski definition) is 1. The number of thiazole rings is 1. The van der Waals surface area contributed by atoms with E-state index in [4.69, 9.17) is 10.7 Å². The Hall–Kier alpha value is -1.97. The molecule has 1 unspecified atom stereocenters. The molecular weight excluding hydrogens is 276 g/mol. The first kappa shape index (κ1) is 14.0. The third-order valence-electron chi connectivity index (χ3n) is 3.53. The van der Waals surface area contributed by atoms with E-state index >= 15 is 0 Å². The summed E-state index contributed by atoms with van der Waals surface area (Å²) in [6.07, 6.45) is 0. The summed E-state index contributed by atoms with van der Waals surface area (Å²) in [4.78, 5) is 5.99. The first-order valence-electron chi connectivity index (χ1n) is 7.00. The number of hydrogen-bond acceptors (Lipinski definition) is 3. The highest BCUT2D eigenvalue weighted by molar-refractivity contribution is 7.12. The molecule has 0 aliphatic heterocycles. The first-order chi connectivity index (χ1) is 10.1. The minimum Gasteiger partial charge on any atom is -0.318 e. The van der Waals surface area contributed by atoms with Gasteiger partial charge in [-0.25, -0.2) is 4.98 Å². The Morgan fingerprint density at radius 1 is 1.00 bits per heavy atom. The van der Waals surface area contributed by atoms with Gasteiger partial charge >= 0.3 is 0 Å². The summed E-state index contributed by atoms with van der Waals surface area (Å²) in [5.74, 6) is 0. The third-order valence-corrected chi connectivity index (χ3v) is 4.58. The van der Waals surface area contributed by atoms with E-state index in [9.17, 15) is 0 Å². The van der Waals surface area contributed by atoms with Crippen molar-refractivity contribution in [2.45, 2.75) is 19.9 Å². The van der Waals surface area contributed by atoms with Gasteiger partial charge < -0.3 is 5.73 Å². The molecule has 3 rings (SSSR count). The number of aromatic nitrogens is 1. The molecule has 0 saturated heterocycles. The fraction of sp³-hybridized carbons (Fsp3) is 0.167. The van der Waals surface area contributed by atoms with Crippen LogP contribution in [0.4, 0.5) is 0 Å². The van der Waals surface area contributed by atoms with Crippen LogP contribution in [0, 0.1) is 13.8 Å². The molecule has 0 saturated carbocycles. The maximum absolute atomic E-state index is 6.39. The second kappa shape index (κ2) is 5.80. The van der Waals surface area contributed by atoms with Crippen molar-refractivity contribution in [3.05, 3.63) is 75.6 Å². The highest BCUT2D eigenvalue weighted by Crippen LogP contribution is 2.32. The Morgan fingerprint density at radius 2 is 1.76 bits per heavy atom. The summed E-state index contributed by atoms with van der Waals surface area (Å²) in [5.41, 5.74) is 10.9. The van der Waals surface area contributed by atoms with E-state index in [0.29, 0.717) is 0 Å². The Morgan fingerprint density at radius 3 is 2.48 bits per heavy atom. The molecule has 1 atom stereocenters.